The summed E-state index contributed by atoms with van der Waals surface area (Å²) >= 11 is 0. The van der Waals surface area contributed by atoms with Crippen molar-refractivity contribution in [1.29, 1.82) is 0 Å². The van der Waals surface area contributed by atoms with Gasteiger partial charge in [0.25, 0.3) is 0 Å². The number of methoxy groups -OCH3 is 1. The van der Waals surface area contributed by atoms with E-state index in [-0.39, 0.29) is 0 Å². The first-order valence-corrected chi connectivity index (χ1v) is 7.00. The van der Waals surface area contributed by atoms with Crippen molar-refractivity contribution in [1.82, 2.24) is 0 Å². The molecule has 0 spiro atoms. The van der Waals surface area contributed by atoms with Crippen LogP contribution in [-0.4, -0.2) is 19.7 Å². The summed E-state index contributed by atoms with van der Waals surface area (Å²) in [6, 6.07) is 6.82. The Labute approximate surface area is 109 Å². The summed E-state index contributed by atoms with van der Waals surface area (Å²) in [5.74, 6) is 1.68. The van der Waals surface area contributed by atoms with E-state index in [9.17, 15) is 0 Å². The monoisotopic (exact) mass is 246 g/mol. The van der Waals surface area contributed by atoms with Gasteiger partial charge in [0.1, 0.15) is 5.75 Å². The molecule has 1 aromatic carbocycles. The third-order valence-electron chi connectivity index (χ3n) is 4.57. The minimum atomic E-state index is 0.702. The number of nitrogens with zero attached hydrogens (tertiary/aromatic N) is 1. The SMILES string of the molecule is COc1cccc(N2CCCC3CCCC32)c1N. The molecule has 1 aromatic rings. The fourth-order valence-electron chi connectivity index (χ4n) is 3.71. The summed E-state index contributed by atoms with van der Waals surface area (Å²) in [5.41, 5.74) is 8.21. The van der Waals surface area contributed by atoms with Crippen LogP contribution in [0.2, 0.25) is 0 Å². The summed E-state index contributed by atoms with van der Waals surface area (Å²) in [6.07, 6.45) is 6.77. The van der Waals surface area contributed by atoms with Crippen molar-refractivity contribution < 1.29 is 4.74 Å². The molecular formula is C15H22N2O. The molecule has 0 aromatic heterocycles. The molecule has 2 atom stereocenters. The predicted octanol–water partition coefficient (Wildman–Crippen LogP) is 3.05. The van der Waals surface area contributed by atoms with Crippen LogP contribution in [0.25, 0.3) is 0 Å². The van der Waals surface area contributed by atoms with E-state index in [0.29, 0.717) is 6.04 Å². The summed E-state index contributed by atoms with van der Waals surface area (Å²) in [6.45, 7) is 1.14. The lowest BCUT2D eigenvalue weighted by Gasteiger charge is -2.40. The molecule has 3 nitrogen and oxygen atoms in total. The molecule has 1 saturated carbocycles. The minimum absolute atomic E-state index is 0.702. The Kier molecular flexibility index (Phi) is 3.06. The van der Waals surface area contributed by atoms with Gasteiger partial charge >= 0.3 is 0 Å². The van der Waals surface area contributed by atoms with E-state index in [1.54, 1.807) is 7.11 Å². The van der Waals surface area contributed by atoms with Crippen molar-refractivity contribution in [3.05, 3.63) is 18.2 Å². The molecule has 3 heteroatoms. The van der Waals surface area contributed by atoms with E-state index in [4.69, 9.17) is 10.5 Å². The van der Waals surface area contributed by atoms with Crippen molar-refractivity contribution in [3.8, 4) is 5.75 Å². The first kappa shape index (κ1) is 11.7. The third-order valence-corrected chi connectivity index (χ3v) is 4.57. The molecule has 1 heterocycles. The summed E-state index contributed by atoms with van der Waals surface area (Å²) in [4.78, 5) is 2.53. The lowest BCUT2D eigenvalue weighted by molar-refractivity contribution is 0.362. The Bertz CT molecular complexity index is 433. The Morgan fingerprint density at radius 3 is 2.89 bits per heavy atom. The van der Waals surface area contributed by atoms with E-state index >= 15 is 0 Å². The highest BCUT2D eigenvalue weighted by molar-refractivity contribution is 5.74. The molecule has 0 bridgehead atoms. The topological polar surface area (TPSA) is 38.5 Å². The molecule has 2 aliphatic rings. The van der Waals surface area contributed by atoms with Crippen LogP contribution < -0.4 is 15.4 Å². The van der Waals surface area contributed by atoms with Crippen molar-refractivity contribution >= 4 is 11.4 Å². The molecule has 1 saturated heterocycles. The van der Waals surface area contributed by atoms with Gasteiger partial charge in [-0.2, -0.15) is 0 Å². The van der Waals surface area contributed by atoms with Crippen LogP contribution >= 0.6 is 0 Å². The number of fused-ring (bicyclic) bond motifs is 1. The number of anilines is 2. The van der Waals surface area contributed by atoms with E-state index in [0.717, 1.165) is 23.9 Å². The molecule has 0 radical (unpaired) electrons. The van der Waals surface area contributed by atoms with Crippen molar-refractivity contribution in [2.45, 2.75) is 38.1 Å². The van der Waals surface area contributed by atoms with E-state index in [1.807, 2.05) is 12.1 Å². The molecule has 2 unspecified atom stereocenters. The number of rotatable bonds is 2. The maximum absolute atomic E-state index is 6.24. The maximum atomic E-state index is 6.24. The predicted molar refractivity (Wildman–Crippen MR) is 75.1 cm³/mol. The number of ether oxygens (including phenoxy) is 1. The highest BCUT2D eigenvalue weighted by Crippen LogP contribution is 2.42. The number of benzene rings is 1. The molecule has 1 aliphatic heterocycles. The van der Waals surface area contributed by atoms with Crippen molar-refractivity contribution in [3.63, 3.8) is 0 Å². The van der Waals surface area contributed by atoms with Gasteiger partial charge in [-0.05, 0) is 43.7 Å². The average molecular weight is 246 g/mol. The van der Waals surface area contributed by atoms with Crippen LogP contribution in [0.1, 0.15) is 32.1 Å². The zero-order valence-electron chi connectivity index (χ0n) is 11.1. The second-order valence-corrected chi connectivity index (χ2v) is 5.49. The van der Waals surface area contributed by atoms with Crippen LogP contribution in [-0.2, 0) is 0 Å². The summed E-state index contributed by atoms with van der Waals surface area (Å²) < 4.78 is 5.34. The number of para-hydroxylation sites is 1. The van der Waals surface area contributed by atoms with E-state index < -0.39 is 0 Å². The van der Waals surface area contributed by atoms with Gasteiger partial charge in [0.2, 0.25) is 0 Å². The van der Waals surface area contributed by atoms with Gasteiger partial charge in [-0.3, -0.25) is 0 Å². The van der Waals surface area contributed by atoms with Crippen LogP contribution in [0.4, 0.5) is 11.4 Å². The quantitative estimate of drug-likeness (QED) is 0.815. The van der Waals surface area contributed by atoms with Crippen LogP contribution in [0.3, 0.4) is 0 Å². The number of hydrogen-bond acceptors (Lipinski definition) is 3. The number of nitrogen functional groups attached to an aromatic ring is 1. The van der Waals surface area contributed by atoms with Crippen LogP contribution in [0, 0.1) is 5.92 Å². The maximum Gasteiger partial charge on any atom is 0.143 e. The normalized spacial score (nSPS) is 27.1. The third kappa shape index (κ3) is 1.82. The van der Waals surface area contributed by atoms with E-state index in [1.165, 1.54) is 37.8 Å². The highest BCUT2D eigenvalue weighted by Gasteiger charge is 2.35. The van der Waals surface area contributed by atoms with Crippen LogP contribution in [0.15, 0.2) is 18.2 Å². The molecule has 98 valence electrons. The van der Waals surface area contributed by atoms with E-state index in [2.05, 4.69) is 11.0 Å². The number of piperidine rings is 1. The Morgan fingerprint density at radius 2 is 2.06 bits per heavy atom. The molecule has 3 rings (SSSR count). The zero-order chi connectivity index (χ0) is 12.5. The lowest BCUT2D eigenvalue weighted by Crippen LogP contribution is -2.42. The number of hydrogen-bond donors (Lipinski definition) is 1. The van der Waals surface area contributed by atoms with Gasteiger partial charge in [-0.1, -0.05) is 12.5 Å². The van der Waals surface area contributed by atoms with Crippen LogP contribution in [0.5, 0.6) is 5.75 Å². The smallest absolute Gasteiger partial charge is 0.143 e. The second-order valence-electron chi connectivity index (χ2n) is 5.49. The average Bonchev–Trinajstić information content (AvgIpc) is 2.87. The molecular weight excluding hydrogens is 224 g/mol. The molecule has 2 N–H and O–H groups in total. The molecule has 18 heavy (non-hydrogen) atoms. The first-order valence-electron chi connectivity index (χ1n) is 7.00. The van der Waals surface area contributed by atoms with Crippen molar-refractivity contribution in [2.24, 2.45) is 5.92 Å². The highest BCUT2D eigenvalue weighted by atomic mass is 16.5. The lowest BCUT2D eigenvalue weighted by atomic mass is 9.91. The second kappa shape index (κ2) is 4.71. The fourth-order valence-corrected chi connectivity index (χ4v) is 3.71. The van der Waals surface area contributed by atoms with Crippen molar-refractivity contribution in [2.75, 3.05) is 24.3 Å². The zero-order valence-corrected chi connectivity index (χ0v) is 11.1. The van der Waals surface area contributed by atoms with Gasteiger partial charge in [0.15, 0.2) is 0 Å². The number of nitrogens with two attached hydrogens (primary N) is 1. The van der Waals surface area contributed by atoms with Gasteiger partial charge in [-0.15, -0.1) is 0 Å². The largest absolute Gasteiger partial charge is 0.495 e. The Hall–Kier alpha value is -1.38. The van der Waals surface area contributed by atoms with Gasteiger partial charge in [-0.25, -0.2) is 0 Å². The Balaban J connectivity index is 1.93. The summed E-state index contributed by atoms with van der Waals surface area (Å²) in [5, 5.41) is 0. The molecule has 0 amide bonds. The first-order chi connectivity index (χ1) is 8.81. The minimum Gasteiger partial charge on any atom is -0.495 e. The van der Waals surface area contributed by atoms with Gasteiger partial charge in [0, 0.05) is 12.6 Å². The fraction of sp³-hybridized carbons (Fsp3) is 0.600. The standard InChI is InChI=1S/C15H22N2O/c1-18-14-9-3-8-13(15(14)16)17-10-4-6-11-5-2-7-12(11)17/h3,8-9,11-12H,2,4-7,10,16H2,1H3. The van der Waals surface area contributed by atoms with Gasteiger partial charge in [0.05, 0.1) is 18.5 Å². The van der Waals surface area contributed by atoms with Gasteiger partial charge < -0.3 is 15.4 Å². The molecule has 1 aliphatic carbocycles. The molecule has 2 fully saturated rings. The Morgan fingerprint density at radius 1 is 1.22 bits per heavy atom. The summed E-state index contributed by atoms with van der Waals surface area (Å²) in [7, 11) is 1.68.